The third-order valence-electron chi connectivity index (χ3n) is 5.57. The van der Waals surface area contributed by atoms with Gasteiger partial charge >= 0.3 is 6.03 Å². The lowest BCUT2D eigenvalue weighted by molar-refractivity contribution is 0.174. The molecule has 0 saturated carbocycles. The zero-order valence-corrected chi connectivity index (χ0v) is 17.9. The van der Waals surface area contributed by atoms with Crippen LogP contribution < -0.4 is 20.3 Å². The van der Waals surface area contributed by atoms with Gasteiger partial charge in [0.2, 0.25) is 6.79 Å². The van der Waals surface area contributed by atoms with Crippen LogP contribution in [-0.2, 0) is 19.6 Å². The van der Waals surface area contributed by atoms with Crippen LogP contribution in [-0.4, -0.2) is 22.7 Å². The summed E-state index contributed by atoms with van der Waals surface area (Å²) < 4.78 is 10.9. The molecule has 0 spiro atoms. The van der Waals surface area contributed by atoms with E-state index in [0.29, 0.717) is 35.7 Å². The molecule has 0 bridgehead atoms. The van der Waals surface area contributed by atoms with E-state index >= 15 is 0 Å². The van der Waals surface area contributed by atoms with E-state index in [1.807, 2.05) is 66.7 Å². The summed E-state index contributed by atoms with van der Waals surface area (Å²) in [6.45, 7) is 1.10. The number of carbonyl (C=O) groups excluding carboxylic acids is 1. The van der Waals surface area contributed by atoms with E-state index in [1.165, 1.54) is 0 Å². The average molecular weight is 441 g/mol. The number of amides is 2. The number of rotatable bonds is 6. The number of benzene rings is 3. The molecule has 0 aliphatic carbocycles. The Morgan fingerprint density at radius 2 is 1.55 bits per heavy atom. The number of carbonyl (C=O) groups is 1. The number of hydrogen-bond acceptors (Lipinski definition) is 4. The second kappa shape index (κ2) is 9.08. The Morgan fingerprint density at radius 1 is 0.879 bits per heavy atom. The minimum atomic E-state index is -0.243. The Balaban J connectivity index is 1.41. The topological polar surface area (TPSA) is 83.7 Å². The molecule has 0 unspecified atom stereocenters. The van der Waals surface area contributed by atoms with Crippen LogP contribution in [0, 0.1) is 0 Å². The van der Waals surface area contributed by atoms with Gasteiger partial charge in [-0.25, -0.2) is 4.79 Å². The number of aromatic amines is 1. The molecule has 1 aliphatic rings. The molecule has 33 heavy (non-hydrogen) atoms. The maximum absolute atomic E-state index is 13.1. The Morgan fingerprint density at radius 3 is 2.27 bits per heavy atom. The van der Waals surface area contributed by atoms with E-state index in [9.17, 15) is 9.59 Å². The fourth-order valence-electron chi connectivity index (χ4n) is 3.85. The van der Waals surface area contributed by atoms with Gasteiger partial charge in [0.15, 0.2) is 11.5 Å². The van der Waals surface area contributed by atoms with Crippen molar-refractivity contribution in [2.75, 3.05) is 6.79 Å². The van der Waals surface area contributed by atoms with E-state index in [4.69, 9.17) is 9.47 Å². The van der Waals surface area contributed by atoms with Crippen LogP contribution in [0.25, 0.3) is 10.9 Å². The summed E-state index contributed by atoms with van der Waals surface area (Å²) in [5.74, 6) is 1.25. The number of hydrogen-bond donors (Lipinski definition) is 2. The van der Waals surface area contributed by atoms with Crippen LogP contribution >= 0.6 is 0 Å². The Bertz CT molecular complexity index is 1340. The van der Waals surface area contributed by atoms with Gasteiger partial charge in [-0.2, -0.15) is 0 Å². The van der Waals surface area contributed by atoms with Gasteiger partial charge in [-0.3, -0.25) is 4.79 Å². The molecule has 0 atom stereocenters. The summed E-state index contributed by atoms with van der Waals surface area (Å²) in [7, 11) is 0. The standard InChI is InChI=1S/C26H23N3O4/c30-25-21(11-20-12-23-24(33-17-32-23)13-22(20)28-25)16-29(15-19-9-5-2-6-10-19)26(31)27-14-18-7-3-1-4-8-18/h1-13H,14-17H2,(H,27,31)(H,28,30). The summed E-state index contributed by atoms with van der Waals surface area (Å²) in [4.78, 5) is 30.5. The van der Waals surface area contributed by atoms with Crippen molar-refractivity contribution >= 4 is 16.9 Å². The SMILES string of the molecule is O=C(NCc1ccccc1)N(Cc1ccccc1)Cc1cc2cc3c(cc2[nH]c1=O)OCO3. The lowest BCUT2D eigenvalue weighted by Crippen LogP contribution is -2.39. The molecule has 0 radical (unpaired) electrons. The zero-order chi connectivity index (χ0) is 22.6. The third kappa shape index (κ3) is 4.67. The highest BCUT2D eigenvalue weighted by Gasteiger charge is 2.19. The maximum atomic E-state index is 13.1. The van der Waals surface area contributed by atoms with Crippen molar-refractivity contribution in [2.45, 2.75) is 19.6 Å². The molecule has 0 saturated heterocycles. The molecule has 1 aliphatic heterocycles. The second-order valence-corrected chi connectivity index (χ2v) is 7.90. The molecular weight excluding hydrogens is 418 g/mol. The van der Waals surface area contributed by atoms with Crippen molar-refractivity contribution in [3.8, 4) is 11.5 Å². The predicted molar refractivity (Wildman–Crippen MR) is 125 cm³/mol. The second-order valence-electron chi connectivity index (χ2n) is 7.90. The van der Waals surface area contributed by atoms with Crippen LogP contribution in [0.3, 0.4) is 0 Å². The molecule has 4 aromatic rings. The number of nitrogens with one attached hydrogen (secondary N) is 2. The maximum Gasteiger partial charge on any atom is 0.318 e. The smallest absolute Gasteiger partial charge is 0.318 e. The van der Waals surface area contributed by atoms with Gasteiger partial charge in [-0.1, -0.05) is 60.7 Å². The van der Waals surface area contributed by atoms with Gasteiger partial charge in [-0.15, -0.1) is 0 Å². The number of fused-ring (bicyclic) bond motifs is 2. The molecule has 2 N–H and O–H groups in total. The van der Waals surface area contributed by atoms with E-state index in [2.05, 4.69) is 10.3 Å². The number of H-pyrrole nitrogens is 1. The first kappa shape index (κ1) is 20.6. The van der Waals surface area contributed by atoms with Crippen molar-refractivity contribution in [3.05, 3.63) is 106 Å². The summed E-state index contributed by atoms with van der Waals surface area (Å²) in [6.07, 6.45) is 0. The van der Waals surface area contributed by atoms with E-state index in [0.717, 1.165) is 16.5 Å². The fraction of sp³-hybridized carbons (Fsp3) is 0.154. The average Bonchev–Trinajstić information content (AvgIpc) is 3.30. The normalized spacial score (nSPS) is 12.0. The van der Waals surface area contributed by atoms with Crippen LogP contribution in [0.5, 0.6) is 11.5 Å². The molecule has 2 heterocycles. The lowest BCUT2D eigenvalue weighted by atomic mass is 10.1. The molecule has 7 nitrogen and oxygen atoms in total. The van der Waals surface area contributed by atoms with Crippen LogP contribution in [0.2, 0.25) is 0 Å². The van der Waals surface area contributed by atoms with Crippen molar-refractivity contribution in [1.29, 1.82) is 0 Å². The third-order valence-corrected chi connectivity index (χ3v) is 5.57. The number of ether oxygens (including phenoxy) is 2. The lowest BCUT2D eigenvalue weighted by Gasteiger charge is -2.23. The highest BCUT2D eigenvalue weighted by atomic mass is 16.7. The fourth-order valence-corrected chi connectivity index (χ4v) is 3.85. The Kier molecular flexibility index (Phi) is 5.68. The Labute approximate surface area is 190 Å². The van der Waals surface area contributed by atoms with E-state index in [1.54, 1.807) is 17.0 Å². The van der Waals surface area contributed by atoms with Gasteiger partial charge in [-0.05, 0) is 23.3 Å². The number of aromatic nitrogens is 1. The predicted octanol–water partition coefficient (Wildman–Crippen LogP) is 4.17. The molecule has 2 amide bonds. The molecule has 5 rings (SSSR count). The van der Waals surface area contributed by atoms with E-state index in [-0.39, 0.29) is 24.9 Å². The van der Waals surface area contributed by atoms with Gasteiger partial charge in [0.25, 0.3) is 5.56 Å². The quantitative estimate of drug-likeness (QED) is 0.471. The molecule has 166 valence electrons. The molecule has 1 aromatic heterocycles. The number of nitrogens with zero attached hydrogens (tertiary/aromatic N) is 1. The molecule has 0 fully saturated rings. The summed E-state index contributed by atoms with van der Waals surface area (Å²) in [5.41, 5.74) is 2.90. The highest BCUT2D eigenvalue weighted by Crippen LogP contribution is 2.35. The van der Waals surface area contributed by atoms with Gasteiger partial charge in [0, 0.05) is 30.1 Å². The van der Waals surface area contributed by atoms with Crippen LogP contribution in [0.15, 0.2) is 83.7 Å². The van der Waals surface area contributed by atoms with Gasteiger partial charge < -0.3 is 24.7 Å². The first-order valence-electron chi connectivity index (χ1n) is 10.7. The number of urea groups is 1. The largest absolute Gasteiger partial charge is 0.454 e. The van der Waals surface area contributed by atoms with Crippen LogP contribution in [0.4, 0.5) is 4.79 Å². The zero-order valence-electron chi connectivity index (χ0n) is 17.9. The van der Waals surface area contributed by atoms with Gasteiger partial charge in [0.1, 0.15) is 0 Å². The summed E-state index contributed by atoms with van der Waals surface area (Å²) >= 11 is 0. The summed E-state index contributed by atoms with van der Waals surface area (Å²) in [6, 6.07) is 24.6. The highest BCUT2D eigenvalue weighted by molar-refractivity contribution is 5.83. The first-order valence-corrected chi connectivity index (χ1v) is 10.7. The minimum absolute atomic E-state index is 0.162. The Hall–Kier alpha value is -4.26. The van der Waals surface area contributed by atoms with Crippen molar-refractivity contribution in [3.63, 3.8) is 0 Å². The molecule has 3 aromatic carbocycles. The molecule has 7 heteroatoms. The minimum Gasteiger partial charge on any atom is -0.454 e. The van der Waals surface area contributed by atoms with Crippen LogP contribution in [0.1, 0.15) is 16.7 Å². The van der Waals surface area contributed by atoms with Crippen molar-refractivity contribution in [1.82, 2.24) is 15.2 Å². The van der Waals surface area contributed by atoms with Crippen molar-refractivity contribution < 1.29 is 14.3 Å². The van der Waals surface area contributed by atoms with E-state index < -0.39 is 0 Å². The summed E-state index contributed by atoms with van der Waals surface area (Å²) in [5, 5.41) is 3.79. The monoisotopic (exact) mass is 441 g/mol. The van der Waals surface area contributed by atoms with Gasteiger partial charge in [0.05, 0.1) is 12.1 Å². The molecular formula is C26H23N3O4. The first-order chi connectivity index (χ1) is 16.2. The number of pyridine rings is 1. The van der Waals surface area contributed by atoms with Crippen molar-refractivity contribution in [2.24, 2.45) is 0 Å².